The van der Waals surface area contributed by atoms with Crippen LogP contribution in [0.25, 0.3) is 22.1 Å². The molecule has 0 bridgehead atoms. The first-order valence-corrected chi connectivity index (χ1v) is 10.1. The number of aryl methyl sites for hydroxylation is 1. The number of hydrogen-bond acceptors (Lipinski definition) is 6. The van der Waals surface area contributed by atoms with E-state index in [1.54, 1.807) is 12.3 Å². The molecule has 152 valence electrons. The molecule has 1 saturated heterocycles. The highest BCUT2D eigenvalue weighted by Gasteiger charge is 2.21. The lowest BCUT2D eigenvalue weighted by Crippen LogP contribution is -2.23. The lowest BCUT2D eigenvalue weighted by atomic mass is 10.1. The third kappa shape index (κ3) is 3.50. The molecular formula is C22H22N6O2. The molecule has 5 rings (SSSR count). The van der Waals surface area contributed by atoms with Crippen LogP contribution in [0, 0.1) is 6.92 Å². The Morgan fingerprint density at radius 1 is 1.27 bits per heavy atom. The molecule has 1 aliphatic heterocycles. The molecule has 1 fully saturated rings. The van der Waals surface area contributed by atoms with Gasteiger partial charge in [-0.05, 0) is 50.1 Å². The van der Waals surface area contributed by atoms with E-state index in [-0.39, 0.29) is 12.0 Å². The molecule has 0 radical (unpaired) electrons. The summed E-state index contributed by atoms with van der Waals surface area (Å²) in [6.07, 6.45) is 4.01. The highest BCUT2D eigenvalue weighted by molar-refractivity contribution is 6.05. The Morgan fingerprint density at radius 3 is 3.00 bits per heavy atom. The fraction of sp³-hybridized carbons (Fsp3) is 0.318. The van der Waals surface area contributed by atoms with Crippen molar-refractivity contribution in [3.63, 3.8) is 0 Å². The average molecular weight is 402 g/mol. The highest BCUT2D eigenvalue weighted by Crippen LogP contribution is 2.26. The molecule has 0 aliphatic carbocycles. The molecule has 1 aliphatic rings. The van der Waals surface area contributed by atoms with Crippen molar-refractivity contribution in [2.24, 2.45) is 0 Å². The number of fused-ring (bicyclic) bond motifs is 3. The van der Waals surface area contributed by atoms with Gasteiger partial charge in [0.25, 0.3) is 5.91 Å². The topological polar surface area (TPSA) is 94.8 Å². The number of amides is 1. The zero-order valence-electron chi connectivity index (χ0n) is 16.7. The van der Waals surface area contributed by atoms with Gasteiger partial charge in [0.05, 0.1) is 35.9 Å². The lowest BCUT2D eigenvalue weighted by molar-refractivity contribution is 0.0950. The second-order valence-electron chi connectivity index (χ2n) is 7.51. The van der Waals surface area contributed by atoms with Crippen LogP contribution in [0.2, 0.25) is 0 Å². The summed E-state index contributed by atoms with van der Waals surface area (Å²) in [5.74, 6) is 0.710. The summed E-state index contributed by atoms with van der Waals surface area (Å²) in [5.41, 5.74) is 3.59. The number of carbonyl (C=O) groups is 1. The number of pyridine rings is 1. The summed E-state index contributed by atoms with van der Waals surface area (Å²) in [4.78, 5) is 21.6. The minimum absolute atomic E-state index is 0.158. The molecule has 30 heavy (non-hydrogen) atoms. The summed E-state index contributed by atoms with van der Waals surface area (Å²) in [6, 6.07) is 11.1. The van der Waals surface area contributed by atoms with Gasteiger partial charge in [-0.3, -0.25) is 9.78 Å². The zero-order chi connectivity index (χ0) is 20.5. The van der Waals surface area contributed by atoms with Gasteiger partial charge in [0.2, 0.25) is 5.65 Å². The van der Waals surface area contributed by atoms with Gasteiger partial charge in [0.1, 0.15) is 5.82 Å². The minimum Gasteiger partial charge on any atom is -0.376 e. The maximum Gasteiger partial charge on any atom is 0.251 e. The predicted molar refractivity (Wildman–Crippen MR) is 112 cm³/mol. The summed E-state index contributed by atoms with van der Waals surface area (Å²) in [5, 5.41) is 12.4. The van der Waals surface area contributed by atoms with Crippen LogP contribution >= 0.6 is 0 Å². The van der Waals surface area contributed by atoms with Crippen LogP contribution in [-0.4, -0.2) is 43.4 Å². The van der Waals surface area contributed by atoms with Crippen molar-refractivity contribution in [1.29, 1.82) is 0 Å². The van der Waals surface area contributed by atoms with Crippen LogP contribution < -0.4 is 5.32 Å². The molecule has 0 spiro atoms. The quantitative estimate of drug-likeness (QED) is 0.552. The Balaban J connectivity index is 1.50. The van der Waals surface area contributed by atoms with Crippen molar-refractivity contribution < 1.29 is 9.53 Å². The number of imidazole rings is 1. The number of hydrogen-bond donors (Lipinski definition) is 1. The Hall–Kier alpha value is -3.39. The van der Waals surface area contributed by atoms with Crippen LogP contribution in [0.1, 0.15) is 34.7 Å². The highest BCUT2D eigenvalue weighted by atomic mass is 16.5. The second-order valence-corrected chi connectivity index (χ2v) is 7.51. The summed E-state index contributed by atoms with van der Waals surface area (Å²) >= 11 is 0. The Bertz CT molecular complexity index is 1210. The van der Waals surface area contributed by atoms with Crippen molar-refractivity contribution in [2.45, 2.75) is 39.0 Å². The molecule has 1 aromatic carbocycles. The van der Waals surface area contributed by atoms with Gasteiger partial charge >= 0.3 is 0 Å². The molecule has 1 atom stereocenters. The standard InChI is InChI=1S/C22H22N6O2/c1-14-25-21-20(28(14)13-17-6-4-10-30-17)18-11-15(7-8-19(18)26-27-21)22(29)24-12-16-5-2-3-9-23-16/h2-3,5,7-9,11,17H,4,6,10,12-13H2,1H3,(H,24,29)/t17-/m1/s1. The number of ether oxygens (including phenoxy) is 1. The summed E-state index contributed by atoms with van der Waals surface area (Å²) in [6.45, 7) is 3.86. The largest absolute Gasteiger partial charge is 0.376 e. The van der Waals surface area contributed by atoms with Gasteiger partial charge in [-0.25, -0.2) is 4.98 Å². The number of carbonyl (C=O) groups excluding carboxylic acids is 1. The van der Waals surface area contributed by atoms with Crippen molar-refractivity contribution in [1.82, 2.24) is 30.0 Å². The van der Waals surface area contributed by atoms with Gasteiger partial charge in [-0.15, -0.1) is 10.2 Å². The zero-order valence-corrected chi connectivity index (χ0v) is 16.7. The van der Waals surface area contributed by atoms with E-state index in [2.05, 4.69) is 30.0 Å². The van der Waals surface area contributed by atoms with E-state index in [0.29, 0.717) is 17.8 Å². The van der Waals surface area contributed by atoms with Gasteiger partial charge in [-0.1, -0.05) is 6.07 Å². The van der Waals surface area contributed by atoms with Crippen LogP contribution in [0.3, 0.4) is 0 Å². The monoisotopic (exact) mass is 402 g/mol. The maximum atomic E-state index is 12.7. The van der Waals surface area contributed by atoms with Crippen LogP contribution in [0.15, 0.2) is 42.6 Å². The van der Waals surface area contributed by atoms with Crippen LogP contribution in [-0.2, 0) is 17.8 Å². The van der Waals surface area contributed by atoms with Gasteiger partial charge in [0.15, 0.2) is 0 Å². The van der Waals surface area contributed by atoms with E-state index in [4.69, 9.17) is 4.74 Å². The van der Waals surface area contributed by atoms with E-state index >= 15 is 0 Å². The number of aromatic nitrogens is 5. The van der Waals surface area contributed by atoms with E-state index in [1.165, 1.54) is 0 Å². The van der Waals surface area contributed by atoms with Crippen molar-refractivity contribution >= 4 is 28.0 Å². The smallest absolute Gasteiger partial charge is 0.251 e. The van der Waals surface area contributed by atoms with Crippen LogP contribution in [0.5, 0.6) is 0 Å². The average Bonchev–Trinajstić information content (AvgIpc) is 3.40. The molecule has 0 saturated carbocycles. The minimum atomic E-state index is -0.158. The first kappa shape index (κ1) is 18.6. The van der Waals surface area contributed by atoms with Crippen molar-refractivity contribution in [3.8, 4) is 0 Å². The molecule has 0 unspecified atom stereocenters. The Kier molecular flexibility index (Phi) is 4.84. The number of nitrogens with one attached hydrogen (secondary N) is 1. The SMILES string of the molecule is Cc1nc2nnc3ccc(C(=O)NCc4ccccn4)cc3c2n1C[C@H]1CCCO1. The third-order valence-corrected chi connectivity index (χ3v) is 5.47. The second kappa shape index (κ2) is 7.79. The van der Waals surface area contributed by atoms with Gasteiger partial charge < -0.3 is 14.6 Å². The number of nitrogens with zero attached hydrogens (tertiary/aromatic N) is 5. The lowest BCUT2D eigenvalue weighted by Gasteiger charge is -2.13. The van der Waals surface area contributed by atoms with Crippen molar-refractivity contribution in [2.75, 3.05) is 6.61 Å². The summed E-state index contributed by atoms with van der Waals surface area (Å²) < 4.78 is 7.96. The molecule has 1 N–H and O–H groups in total. The first-order valence-electron chi connectivity index (χ1n) is 10.1. The van der Waals surface area contributed by atoms with Gasteiger partial charge in [-0.2, -0.15) is 0 Å². The van der Waals surface area contributed by atoms with Crippen LogP contribution in [0.4, 0.5) is 0 Å². The molecule has 1 amide bonds. The predicted octanol–water partition coefficient (Wildman–Crippen LogP) is 2.79. The fourth-order valence-corrected chi connectivity index (χ4v) is 3.93. The number of rotatable bonds is 5. The molecule has 4 aromatic rings. The Labute approximate surface area is 173 Å². The molecule has 4 heterocycles. The summed E-state index contributed by atoms with van der Waals surface area (Å²) in [7, 11) is 0. The fourth-order valence-electron chi connectivity index (χ4n) is 3.93. The molecule has 8 nitrogen and oxygen atoms in total. The maximum absolute atomic E-state index is 12.7. The Morgan fingerprint density at radius 2 is 2.20 bits per heavy atom. The van der Waals surface area contributed by atoms with E-state index < -0.39 is 0 Å². The molecule has 3 aromatic heterocycles. The molecular weight excluding hydrogens is 380 g/mol. The van der Waals surface area contributed by atoms with E-state index in [1.807, 2.05) is 37.3 Å². The van der Waals surface area contributed by atoms with E-state index in [9.17, 15) is 4.79 Å². The van der Waals surface area contributed by atoms with Gasteiger partial charge in [0, 0.05) is 23.8 Å². The third-order valence-electron chi connectivity index (χ3n) is 5.47. The normalized spacial score (nSPS) is 16.4. The number of benzene rings is 1. The van der Waals surface area contributed by atoms with Crippen molar-refractivity contribution in [3.05, 3.63) is 59.7 Å². The van der Waals surface area contributed by atoms with E-state index in [0.717, 1.165) is 53.9 Å². The molecule has 8 heteroatoms. The first-order chi connectivity index (χ1) is 14.7.